The molecule has 0 fully saturated rings. The number of hydrogen-bond acceptors (Lipinski definition) is 11. The van der Waals surface area contributed by atoms with E-state index in [-0.39, 0.29) is 34.8 Å². The minimum absolute atomic E-state index is 0.0326. The van der Waals surface area contributed by atoms with E-state index in [1.54, 1.807) is 37.4 Å². The number of hydrogen-bond donors (Lipinski definition) is 1. The minimum Gasteiger partial charge on any atom is -0.493 e. The maximum Gasteiger partial charge on any atom is 0.268 e. The van der Waals surface area contributed by atoms with Crippen LogP contribution in [0.15, 0.2) is 53.2 Å². The van der Waals surface area contributed by atoms with Crippen molar-refractivity contribution in [1.82, 2.24) is 9.36 Å². The van der Waals surface area contributed by atoms with Crippen molar-refractivity contribution in [1.29, 1.82) is 5.26 Å². The van der Waals surface area contributed by atoms with Gasteiger partial charge in [-0.25, -0.2) is 8.42 Å². The van der Waals surface area contributed by atoms with E-state index in [0.717, 1.165) is 0 Å². The molecular formula is C24H24N4O7S2. The highest BCUT2D eigenvalue weighted by Crippen LogP contribution is 2.30. The molecule has 0 aliphatic rings. The Balaban J connectivity index is 1.65. The van der Waals surface area contributed by atoms with Crippen LogP contribution in [0.4, 0.5) is 5.13 Å². The summed E-state index contributed by atoms with van der Waals surface area (Å²) in [6, 6.07) is 14.0. The monoisotopic (exact) mass is 544 g/mol. The second-order valence-electron chi connectivity index (χ2n) is 7.17. The fourth-order valence-electron chi connectivity index (χ4n) is 2.93. The lowest BCUT2D eigenvalue weighted by molar-refractivity contribution is -0.112. The molecule has 11 nitrogen and oxygen atoms in total. The van der Waals surface area contributed by atoms with Crippen molar-refractivity contribution in [2.24, 2.45) is 0 Å². The Morgan fingerprint density at radius 1 is 1.05 bits per heavy atom. The van der Waals surface area contributed by atoms with E-state index in [2.05, 4.69) is 14.7 Å². The maximum atomic E-state index is 12.5. The van der Waals surface area contributed by atoms with Crippen molar-refractivity contribution >= 4 is 38.5 Å². The Morgan fingerprint density at radius 3 is 2.32 bits per heavy atom. The largest absolute Gasteiger partial charge is 0.493 e. The summed E-state index contributed by atoms with van der Waals surface area (Å²) in [6.45, 7) is 1.95. The summed E-state index contributed by atoms with van der Waals surface area (Å²) >= 11 is 0.710. The molecule has 0 saturated carbocycles. The first-order valence-corrected chi connectivity index (χ1v) is 13.3. The van der Waals surface area contributed by atoms with Crippen LogP contribution in [0.25, 0.3) is 6.08 Å². The lowest BCUT2D eigenvalue weighted by Crippen LogP contribution is -2.14. The molecule has 0 saturated heterocycles. The quantitative estimate of drug-likeness (QED) is 0.204. The van der Waals surface area contributed by atoms with E-state index in [4.69, 9.17) is 18.9 Å². The smallest absolute Gasteiger partial charge is 0.268 e. The van der Waals surface area contributed by atoms with Gasteiger partial charge in [-0.2, -0.15) is 14.6 Å². The van der Waals surface area contributed by atoms with Crippen LogP contribution >= 0.6 is 11.5 Å². The van der Waals surface area contributed by atoms with Crippen molar-refractivity contribution in [3.05, 3.63) is 53.6 Å². The van der Waals surface area contributed by atoms with Gasteiger partial charge in [-0.05, 0) is 35.9 Å². The summed E-state index contributed by atoms with van der Waals surface area (Å²) in [7, 11) is -0.576. The van der Waals surface area contributed by atoms with E-state index in [0.29, 0.717) is 40.1 Å². The van der Waals surface area contributed by atoms with Crippen molar-refractivity contribution in [2.75, 3.05) is 38.5 Å². The number of carbonyl (C=O) groups is 1. The van der Waals surface area contributed by atoms with Gasteiger partial charge in [-0.15, -0.1) is 0 Å². The van der Waals surface area contributed by atoms with E-state index >= 15 is 0 Å². The number of nitrogens with zero attached hydrogens (tertiary/aromatic N) is 3. The molecule has 0 radical (unpaired) electrons. The standard InChI is InChI=1S/C24H24N4O7S2/c1-4-37(30,31)24-27-23(36-28-24)26-22(29)17(15-25)13-16-9-10-20(21(14-16)33-3)35-12-11-34-19-8-6-5-7-18(19)32-2/h5-10,13-14H,4,11-12H2,1-3H3,(H,26,27,28,29). The number of nitriles is 1. The second kappa shape index (κ2) is 12.7. The molecule has 1 N–H and O–H groups in total. The first kappa shape index (κ1) is 27.4. The lowest BCUT2D eigenvalue weighted by atomic mass is 10.1. The molecule has 0 aliphatic heterocycles. The number of anilines is 1. The minimum atomic E-state index is -3.61. The van der Waals surface area contributed by atoms with Gasteiger partial charge in [0.25, 0.3) is 11.1 Å². The maximum absolute atomic E-state index is 12.5. The second-order valence-corrected chi connectivity index (χ2v) is 10.1. The van der Waals surface area contributed by atoms with Gasteiger partial charge in [0.2, 0.25) is 15.0 Å². The molecule has 1 aromatic heterocycles. The number of para-hydroxylation sites is 2. The first-order valence-electron chi connectivity index (χ1n) is 10.9. The average Bonchev–Trinajstić information content (AvgIpc) is 3.39. The summed E-state index contributed by atoms with van der Waals surface area (Å²) in [4.78, 5) is 16.4. The van der Waals surface area contributed by atoms with Crippen LogP contribution < -0.4 is 24.3 Å². The number of benzene rings is 2. The van der Waals surface area contributed by atoms with Gasteiger partial charge in [-0.1, -0.05) is 25.1 Å². The molecule has 0 spiro atoms. The summed E-state index contributed by atoms with van der Waals surface area (Å²) in [6.07, 6.45) is 1.36. The molecule has 0 bridgehead atoms. The van der Waals surface area contributed by atoms with Crippen molar-refractivity contribution in [2.45, 2.75) is 12.1 Å². The summed E-state index contributed by atoms with van der Waals surface area (Å²) < 4.78 is 49.6. The molecule has 0 aliphatic carbocycles. The Kier molecular flexibility index (Phi) is 9.42. The topological polar surface area (TPSA) is 150 Å². The Hall–Kier alpha value is -4.15. The van der Waals surface area contributed by atoms with Gasteiger partial charge in [0.1, 0.15) is 24.9 Å². The molecule has 194 valence electrons. The molecule has 1 heterocycles. The zero-order valence-corrected chi connectivity index (χ0v) is 21.9. The predicted molar refractivity (Wildman–Crippen MR) is 137 cm³/mol. The zero-order chi connectivity index (χ0) is 26.8. The molecule has 1 amide bonds. The molecule has 0 unspecified atom stereocenters. The fraction of sp³-hybridized carbons (Fsp3) is 0.250. The third kappa shape index (κ3) is 7.18. The normalized spacial score (nSPS) is 11.4. The van der Waals surface area contributed by atoms with Crippen LogP contribution in [0.3, 0.4) is 0 Å². The van der Waals surface area contributed by atoms with Gasteiger partial charge in [0.15, 0.2) is 23.0 Å². The number of ether oxygens (including phenoxy) is 4. The molecule has 3 aromatic rings. The van der Waals surface area contributed by atoms with Crippen molar-refractivity contribution in [3.8, 4) is 29.1 Å². The number of carbonyl (C=O) groups excluding carboxylic acids is 1. The molecule has 13 heteroatoms. The van der Waals surface area contributed by atoms with Crippen LogP contribution in [-0.2, 0) is 14.6 Å². The van der Waals surface area contributed by atoms with Gasteiger partial charge in [0, 0.05) is 11.5 Å². The van der Waals surface area contributed by atoms with E-state index in [1.807, 2.05) is 18.2 Å². The van der Waals surface area contributed by atoms with Crippen LogP contribution in [0, 0.1) is 11.3 Å². The Labute approximate surface area is 218 Å². The molecule has 0 atom stereocenters. The first-order chi connectivity index (χ1) is 17.8. The summed E-state index contributed by atoms with van der Waals surface area (Å²) in [5.74, 6) is 1.13. The van der Waals surface area contributed by atoms with E-state index in [1.165, 1.54) is 20.1 Å². The van der Waals surface area contributed by atoms with Crippen LogP contribution in [0.2, 0.25) is 0 Å². The molecule has 2 aromatic carbocycles. The average molecular weight is 545 g/mol. The highest BCUT2D eigenvalue weighted by Gasteiger charge is 2.20. The fourth-order valence-corrected chi connectivity index (χ4v) is 4.51. The number of sulfone groups is 1. The SMILES string of the molecule is CCS(=O)(=O)c1nsc(NC(=O)C(C#N)=Cc2ccc(OCCOc3ccccc3OC)c(OC)c2)n1. The van der Waals surface area contributed by atoms with E-state index < -0.39 is 15.7 Å². The Bertz CT molecular complexity index is 1430. The molecular weight excluding hydrogens is 520 g/mol. The number of rotatable bonds is 12. The molecule has 37 heavy (non-hydrogen) atoms. The number of amides is 1. The number of nitrogens with one attached hydrogen (secondary N) is 1. The highest BCUT2D eigenvalue weighted by molar-refractivity contribution is 7.91. The van der Waals surface area contributed by atoms with Crippen molar-refractivity contribution < 1.29 is 32.2 Å². The highest BCUT2D eigenvalue weighted by atomic mass is 32.2. The van der Waals surface area contributed by atoms with Gasteiger partial charge in [0.05, 0.1) is 20.0 Å². The third-order valence-corrected chi connectivity index (χ3v) is 7.06. The third-order valence-electron chi connectivity index (χ3n) is 4.82. The zero-order valence-electron chi connectivity index (χ0n) is 20.3. The number of methoxy groups -OCH3 is 2. The molecule has 3 rings (SSSR count). The van der Waals surface area contributed by atoms with Crippen LogP contribution in [-0.4, -0.2) is 56.9 Å². The van der Waals surface area contributed by atoms with Gasteiger partial charge >= 0.3 is 0 Å². The van der Waals surface area contributed by atoms with Gasteiger partial charge < -0.3 is 18.9 Å². The lowest BCUT2D eigenvalue weighted by Gasteiger charge is -2.13. The van der Waals surface area contributed by atoms with E-state index in [9.17, 15) is 18.5 Å². The summed E-state index contributed by atoms with van der Waals surface area (Å²) in [5.41, 5.74) is 0.281. The van der Waals surface area contributed by atoms with Crippen LogP contribution in [0.1, 0.15) is 12.5 Å². The van der Waals surface area contributed by atoms with Gasteiger partial charge in [-0.3, -0.25) is 10.1 Å². The summed E-state index contributed by atoms with van der Waals surface area (Å²) in [5, 5.41) is 11.5. The van der Waals surface area contributed by atoms with Crippen molar-refractivity contribution in [3.63, 3.8) is 0 Å². The Morgan fingerprint density at radius 2 is 1.70 bits per heavy atom. The predicted octanol–water partition coefficient (Wildman–Crippen LogP) is 3.35. The van der Waals surface area contributed by atoms with Crippen LogP contribution in [0.5, 0.6) is 23.0 Å². The number of aromatic nitrogens is 2.